The second kappa shape index (κ2) is 16.3. The van der Waals surface area contributed by atoms with Crippen LogP contribution in [-0.2, 0) is 19.0 Å². The van der Waals surface area contributed by atoms with Crippen molar-refractivity contribution in [2.75, 3.05) is 69.1 Å². The predicted molar refractivity (Wildman–Crippen MR) is 140 cm³/mol. The lowest BCUT2D eigenvalue weighted by atomic mass is 9.96. The standard InChI is InChI=1S/C25H37N7O5/c1-35-21(33)18-28-24-30-23(31-25(32-24)29-20-10-6-3-7-11-20)27-13-15-37-17-16-36-14-12-26-22(34)19-8-4-2-5-9-19/h2,4-5,8-9,20H,3,6-7,10-18H2,1H3,(H,26,34)(H3,27,28,29,30,31,32). The molecule has 0 spiro atoms. The van der Waals surface area contributed by atoms with E-state index in [1.165, 1.54) is 26.4 Å². The van der Waals surface area contributed by atoms with Crippen LogP contribution in [0.5, 0.6) is 0 Å². The fraction of sp³-hybridized carbons (Fsp3) is 0.560. The molecular weight excluding hydrogens is 478 g/mol. The summed E-state index contributed by atoms with van der Waals surface area (Å²) in [6, 6.07) is 9.38. The Kier molecular flexibility index (Phi) is 12.3. The minimum atomic E-state index is -0.411. The number of carbonyl (C=O) groups is 2. The average Bonchev–Trinajstić information content (AvgIpc) is 2.93. The zero-order valence-corrected chi connectivity index (χ0v) is 21.3. The highest BCUT2D eigenvalue weighted by Crippen LogP contribution is 2.21. The van der Waals surface area contributed by atoms with Crippen molar-refractivity contribution in [2.45, 2.75) is 38.1 Å². The Balaban J connectivity index is 1.32. The third-order valence-electron chi connectivity index (χ3n) is 5.66. The summed E-state index contributed by atoms with van der Waals surface area (Å²) in [5, 5.41) is 12.2. The predicted octanol–water partition coefficient (Wildman–Crippen LogP) is 2.08. The molecule has 1 aromatic heterocycles. The Labute approximate surface area is 217 Å². The number of rotatable bonds is 16. The number of nitrogens with zero attached hydrogens (tertiary/aromatic N) is 3. The molecule has 3 rings (SSSR count). The summed E-state index contributed by atoms with van der Waals surface area (Å²) in [5.74, 6) is 0.603. The summed E-state index contributed by atoms with van der Waals surface area (Å²) in [6.45, 7) is 2.55. The van der Waals surface area contributed by atoms with Crippen LogP contribution in [-0.4, -0.2) is 86.0 Å². The van der Waals surface area contributed by atoms with Crippen LogP contribution in [0.25, 0.3) is 0 Å². The molecule has 0 bridgehead atoms. The van der Waals surface area contributed by atoms with E-state index in [4.69, 9.17) is 9.47 Å². The number of esters is 1. The number of nitrogens with one attached hydrogen (secondary N) is 4. The lowest BCUT2D eigenvalue weighted by molar-refractivity contribution is -0.138. The van der Waals surface area contributed by atoms with E-state index in [0.717, 1.165) is 12.8 Å². The largest absolute Gasteiger partial charge is 0.468 e. The number of methoxy groups -OCH3 is 1. The number of hydrogen-bond donors (Lipinski definition) is 4. The molecule has 12 heteroatoms. The lowest BCUT2D eigenvalue weighted by Crippen LogP contribution is -2.27. The van der Waals surface area contributed by atoms with Gasteiger partial charge in [-0.1, -0.05) is 37.5 Å². The molecule has 1 amide bonds. The maximum atomic E-state index is 11.9. The van der Waals surface area contributed by atoms with E-state index >= 15 is 0 Å². The van der Waals surface area contributed by atoms with Crippen molar-refractivity contribution < 1.29 is 23.8 Å². The van der Waals surface area contributed by atoms with Gasteiger partial charge in [-0.05, 0) is 25.0 Å². The summed E-state index contributed by atoms with van der Waals surface area (Å²) in [7, 11) is 1.33. The first-order valence-corrected chi connectivity index (χ1v) is 12.7. The summed E-state index contributed by atoms with van der Waals surface area (Å²) in [5.41, 5.74) is 0.625. The highest BCUT2D eigenvalue weighted by atomic mass is 16.5. The van der Waals surface area contributed by atoms with E-state index in [0.29, 0.717) is 63.0 Å². The van der Waals surface area contributed by atoms with Crippen LogP contribution in [0, 0.1) is 0 Å². The van der Waals surface area contributed by atoms with Crippen LogP contribution in [0.3, 0.4) is 0 Å². The fourth-order valence-electron chi connectivity index (χ4n) is 3.74. The molecule has 0 unspecified atom stereocenters. The molecule has 1 heterocycles. The fourth-order valence-corrected chi connectivity index (χ4v) is 3.74. The number of hydrogen-bond acceptors (Lipinski definition) is 11. The monoisotopic (exact) mass is 515 g/mol. The van der Waals surface area contributed by atoms with Crippen LogP contribution in [0.15, 0.2) is 30.3 Å². The molecule has 0 atom stereocenters. The molecular formula is C25H37N7O5. The number of ether oxygens (including phenoxy) is 3. The molecule has 4 N–H and O–H groups in total. The Morgan fingerprint density at radius 2 is 1.49 bits per heavy atom. The maximum absolute atomic E-state index is 11.9. The van der Waals surface area contributed by atoms with E-state index in [1.807, 2.05) is 18.2 Å². The Hall–Kier alpha value is -3.51. The van der Waals surface area contributed by atoms with E-state index < -0.39 is 5.97 Å². The van der Waals surface area contributed by atoms with Gasteiger partial charge >= 0.3 is 5.97 Å². The van der Waals surface area contributed by atoms with Crippen molar-refractivity contribution in [1.82, 2.24) is 20.3 Å². The minimum absolute atomic E-state index is 0.0398. The number of anilines is 3. The molecule has 0 radical (unpaired) electrons. The van der Waals surface area contributed by atoms with Gasteiger partial charge in [0.05, 0.1) is 33.5 Å². The van der Waals surface area contributed by atoms with Crippen molar-refractivity contribution in [3.05, 3.63) is 35.9 Å². The molecule has 1 aliphatic carbocycles. The molecule has 1 fully saturated rings. The maximum Gasteiger partial charge on any atom is 0.325 e. The summed E-state index contributed by atoms with van der Waals surface area (Å²) in [4.78, 5) is 36.6. The highest BCUT2D eigenvalue weighted by molar-refractivity contribution is 5.94. The zero-order chi connectivity index (χ0) is 26.1. The van der Waals surface area contributed by atoms with Crippen LogP contribution >= 0.6 is 0 Å². The van der Waals surface area contributed by atoms with Gasteiger partial charge in [-0.15, -0.1) is 0 Å². The molecule has 0 saturated heterocycles. The van der Waals surface area contributed by atoms with E-state index in [9.17, 15) is 9.59 Å². The van der Waals surface area contributed by atoms with E-state index in [2.05, 4.69) is 41.0 Å². The number of carbonyl (C=O) groups excluding carboxylic acids is 2. The summed E-state index contributed by atoms with van der Waals surface area (Å²) >= 11 is 0. The molecule has 2 aromatic rings. The second-order valence-corrected chi connectivity index (χ2v) is 8.49. The minimum Gasteiger partial charge on any atom is -0.468 e. The summed E-state index contributed by atoms with van der Waals surface area (Å²) < 4.78 is 15.8. The number of amides is 1. The molecule has 202 valence electrons. The van der Waals surface area contributed by atoms with Gasteiger partial charge in [-0.25, -0.2) is 0 Å². The van der Waals surface area contributed by atoms with Crippen LogP contribution in [0.1, 0.15) is 42.5 Å². The number of benzene rings is 1. The first-order chi connectivity index (χ1) is 18.1. The van der Waals surface area contributed by atoms with Gasteiger partial charge in [0, 0.05) is 24.7 Å². The van der Waals surface area contributed by atoms with Crippen molar-refractivity contribution in [1.29, 1.82) is 0 Å². The second-order valence-electron chi connectivity index (χ2n) is 8.49. The topological polar surface area (TPSA) is 149 Å². The first kappa shape index (κ1) is 28.1. The third kappa shape index (κ3) is 11.0. The van der Waals surface area contributed by atoms with Gasteiger partial charge in [-0.2, -0.15) is 15.0 Å². The highest BCUT2D eigenvalue weighted by Gasteiger charge is 2.16. The molecule has 1 aromatic carbocycles. The average molecular weight is 516 g/mol. The van der Waals surface area contributed by atoms with Crippen molar-refractivity contribution in [2.24, 2.45) is 0 Å². The Bertz CT molecular complexity index is 958. The third-order valence-corrected chi connectivity index (χ3v) is 5.66. The Morgan fingerprint density at radius 1 is 0.838 bits per heavy atom. The van der Waals surface area contributed by atoms with E-state index in [-0.39, 0.29) is 18.4 Å². The van der Waals surface area contributed by atoms with Crippen molar-refractivity contribution in [3.8, 4) is 0 Å². The molecule has 12 nitrogen and oxygen atoms in total. The Morgan fingerprint density at radius 3 is 2.19 bits per heavy atom. The van der Waals surface area contributed by atoms with Crippen molar-refractivity contribution >= 4 is 29.7 Å². The first-order valence-electron chi connectivity index (χ1n) is 12.7. The number of aromatic nitrogens is 3. The lowest BCUT2D eigenvalue weighted by Gasteiger charge is -2.23. The van der Waals surface area contributed by atoms with Gasteiger partial charge in [0.1, 0.15) is 6.54 Å². The normalized spacial score (nSPS) is 13.5. The van der Waals surface area contributed by atoms with Gasteiger partial charge in [0.2, 0.25) is 17.8 Å². The quantitative estimate of drug-likeness (QED) is 0.192. The zero-order valence-electron chi connectivity index (χ0n) is 21.3. The van der Waals surface area contributed by atoms with Gasteiger partial charge in [-0.3, -0.25) is 9.59 Å². The van der Waals surface area contributed by atoms with Crippen LogP contribution in [0.2, 0.25) is 0 Å². The molecule has 1 saturated carbocycles. The summed E-state index contributed by atoms with van der Waals surface area (Å²) in [6.07, 6.45) is 5.78. The van der Waals surface area contributed by atoms with E-state index in [1.54, 1.807) is 12.1 Å². The van der Waals surface area contributed by atoms with Crippen LogP contribution < -0.4 is 21.3 Å². The van der Waals surface area contributed by atoms with Gasteiger partial charge < -0.3 is 35.5 Å². The molecule has 0 aliphatic heterocycles. The van der Waals surface area contributed by atoms with Crippen molar-refractivity contribution in [3.63, 3.8) is 0 Å². The van der Waals surface area contributed by atoms with Gasteiger partial charge in [0.25, 0.3) is 5.91 Å². The van der Waals surface area contributed by atoms with Gasteiger partial charge in [0.15, 0.2) is 0 Å². The van der Waals surface area contributed by atoms with Crippen LogP contribution in [0.4, 0.5) is 17.8 Å². The SMILES string of the molecule is COC(=O)CNc1nc(NCCOCCOCCNC(=O)c2ccccc2)nc(NC2CCCCC2)n1. The molecule has 37 heavy (non-hydrogen) atoms. The smallest absolute Gasteiger partial charge is 0.325 e. The molecule has 1 aliphatic rings.